The molecule has 1 aliphatic rings. The van der Waals surface area contributed by atoms with Crippen molar-refractivity contribution < 1.29 is 14.2 Å². The summed E-state index contributed by atoms with van der Waals surface area (Å²) in [4.78, 5) is 7.24. The predicted molar refractivity (Wildman–Crippen MR) is 134 cm³/mol. The first kappa shape index (κ1) is 27.1. The maximum absolute atomic E-state index is 5.98. The molecule has 0 aliphatic carbocycles. The molecule has 2 rings (SSSR count). The van der Waals surface area contributed by atoms with E-state index in [9.17, 15) is 0 Å². The van der Waals surface area contributed by atoms with Gasteiger partial charge in [0.05, 0.1) is 25.4 Å². The van der Waals surface area contributed by atoms with Gasteiger partial charge in [0.25, 0.3) is 0 Å². The summed E-state index contributed by atoms with van der Waals surface area (Å²) in [6.45, 7) is 11.9. The molecule has 1 saturated heterocycles. The highest BCUT2D eigenvalue weighted by Crippen LogP contribution is 2.15. The lowest BCUT2D eigenvalue weighted by Crippen LogP contribution is -2.47. The lowest BCUT2D eigenvalue weighted by molar-refractivity contribution is 0.00990. The Labute approximate surface area is 199 Å². The fourth-order valence-electron chi connectivity index (χ4n) is 3.36. The minimum atomic E-state index is 0. The molecule has 0 aromatic heterocycles. The van der Waals surface area contributed by atoms with Crippen LogP contribution in [0.15, 0.2) is 29.3 Å². The second-order valence-electron chi connectivity index (χ2n) is 7.75. The van der Waals surface area contributed by atoms with Crippen molar-refractivity contribution in [3.63, 3.8) is 0 Å². The van der Waals surface area contributed by atoms with Gasteiger partial charge in [-0.1, -0.05) is 24.3 Å². The molecule has 1 N–H and O–H groups in total. The van der Waals surface area contributed by atoms with Crippen LogP contribution in [0.4, 0.5) is 0 Å². The number of piperidine rings is 1. The quantitative estimate of drug-likeness (QED) is 0.200. The third-order valence-corrected chi connectivity index (χ3v) is 4.91. The summed E-state index contributed by atoms with van der Waals surface area (Å²) < 4.78 is 16.8. The molecule has 0 atom stereocenters. The van der Waals surface area contributed by atoms with Gasteiger partial charge in [0.1, 0.15) is 0 Å². The molecule has 6 nitrogen and oxygen atoms in total. The monoisotopic (exact) mass is 533 g/mol. The van der Waals surface area contributed by atoms with Gasteiger partial charge < -0.3 is 24.4 Å². The average molecular weight is 533 g/mol. The first-order valence-corrected chi connectivity index (χ1v) is 11.0. The molecule has 7 heteroatoms. The molecule has 1 aromatic carbocycles. The molecule has 172 valence electrons. The van der Waals surface area contributed by atoms with Crippen LogP contribution in [0.1, 0.15) is 51.2 Å². The van der Waals surface area contributed by atoms with Crippen molar-refractivity contribution in [2.24, 2.45) is 4.99 Å². The fourth-order valence-corrected chi connectivity index (χ4v) is 3.36. The number of hydrogen-bond donors (Lipinski definition) is 1. The molecule has 0 bridgehead atoms. The second-order valence-corrected chi connectivity index (χ2v) is 7.75. The largest absolute Gasteiger partial charge is 0.385 e. The van der Waals surface area contributed by atoms with Gasteiger partial charge in [0.15, 0.2) is 5.96 Å². The van der Waals surface area contributed by atoms with Gasteiger partial charge in [-0.05, 0) is 51.2 Å². The third-order valence-electron chi connectivity index (χ3n) is 4.91. The summed E-state index contributed by atoms with van der Waals surface area (Å²) in [6, 6.07) is 8.52. The van der Waals surface area contributed by atoms with Gasteiger partial charge in [-0.3, -0.25) is 0 Å². The minimum absolute atomic E-state index is 0. The van der Waals surface area contributed by atoms with E-state index in [0.717, 1.165) is 58.1 Å². The van der Waals surface area contributed by atoms with E-state index in [1.165, 1.54) is 11.1 Å². The maximum atomic E-state index is 5.98. The number of guanidine groups is 1. The number of ether oxygens (including phenoxy) is 3. The Hall–Kier alpha value is -0.900. The highest BCUT2D eigenvalue weighted by atomic mass is 127. The fraction of sp³-hybridized carbons (Fsp3) is 0.696. The normalized spacial score (nSPS) is 15.4. The van der Waals surface area contributed by atoms with Crippen LogP contribution in [-0.2, 0) is 27.4 Å². The molecule has 1 aliphatic heterocycles. The van der Waals surface area contributed by atoms with Crippen LogP contribution in [-0.4, -0.2) is 63.0 Å². The Kier molecular flexibility index (Phi) is 14.3. The molecular weight excluding hydrogens is 493 g/mol. The molecule has 1 heterocycles. The van der Waals surface area contributed by atoms with E-state index in [-0.39, 0.29) is 30.1 Å². The van der Waals surface area contributed by atoms with E-state index < -0.39 is 0 Å². The number of aliphatic imine (C=N–C) groups is 1. The zero-order valence-corrected chi connectivity index (χ0v) is 21.4. The number of nitrogens with zero attached hydrogens (tertiary/aromatic N) is 2. The first-order valence-electron chi connectivity index (χ1n) is 11.0. The van der Waals surface area contributed by atoms with Gasteiger partial charge >= 0.3 is 0 Å². The van der Waals surface area contributed by atoms with Crippen molar-refractivity contribution in [3.05, 3.63) is 35.4 Å². The van der Waals surface area contributed by atoms with Crippen LogP contribution >= 0.6 is 24.0 Å². The summed E-state index contributed by atoms with van der Waals surface area (Å²) >= 11 is 0. The van der Waals surface area contributed by atoms with E-state index in [4.69, 9.17) is 19.2 Å². The second kappa shape index (κ2) is 15.8. The van der Waals surface area contributed by atoms with Crippen LogP contribution in [0.2, 0.25) is 0 Å². The molecule has 0 spiro atoms. The molecule has 0 unspecified atom stereocenters. The maximum Gasteiger partial charge on any atom is 0.194 e. The van der Waals surface area contributed by atoms with Gasteiger partial charge in [-0.25, -0.2) is 4.99 Å². The standard InChI is InChI=1S/C23H39N3O3.HI/c1-5-24-23(26-12-10-22(11-13-26)28-15-7-14-27-4)25-17-20-8-6-9-21(16-20)18-29-19(2)3;/h6,8-9,16,19,22H,5,7,10-15,17-18H2,1-4H3,(H,24,25);1H. The van der Waals surface area contributed by atoms with Crippen LogP contribution < -0.4 is 5.32 Å². The van der Waals surface area contributed by atoms with Gasteiger partial charge in [0, 0.05) is 40.0 Å². The Morgan fingerprint density at radius 1 is 1.20 bits per heavy atom. The van der Waals surface area contributed by atoms with Crippen molar-refractivity contribution in [2.75, 3.05) is 40.0 Å². The van der Waals surface area contributed by atoms with Crippen molar-refractivity contribution in [3.8, 4) is 0 Å². The molecule has 0 amide bonds. The van der Waals surface area contributed by atoms with E-state index in [0.29, 0.717) is 19.3 Å². The van der Waals surface area contributed by atoms with Crippen molar-refractivity contribution in [1.82, 2.24) is 10.2 Å². The number of nitrogens with one attached hydrogen (secondary N) is 1. The summed E-state index contributed by atoms with van der Waals surface area (Å²) in [7, 11) is 1.73. The Morgan fingerprint density at radius 3 is 2.60 bits per heavy atom. The van der Waals surface area contributed by atoms with Gasteiger partial charge in [-0.2, -0.15) is 0 Å². The van der Waals surface area contributed by atoms with Crippen LogP contribution in [0.5, 0.6) is 0 Å². The van der Waals surface area contributed by atoms with Crippen molar-refractivity contribution in [2.45, 2.75) is 65.4 Å². The summed E-state index contributed by atoms with van der Waals surface area (Å²) in [5, 5.41) is 3.45. The van der Waals surface area contributed by atoms with Crippen molar-refractivity contribution in [1.29, 1.82) is 0 Å². The highest BCUT2D eigenvalue weighted by molar-refractivity contribution is 14.0. The molecule has 30 heavy (non-hydrogen) atoms. The zero-order valence-electron chi connectivity index (χ0n) is 19.1. The number of methoxy groups -OCH3 is 1. The first-order chi connectivity index (χ1) is 14.1. The van der Waals surface area contributed by atoms with Crippen LogP contribution in [0, 0.1) is 0 Å². The predicted octanol–water partition coefficient (Wildman–Crippen LogP) is 4.21. The van der Waals surface area contributed by atoms with E-state index in [2.05, 4.69) is 55.3 Å². The van der Waals surface area contributed by atoms with Crippen molar-refractivity contribution >= 4 is 29.9 Å². The Balaban J connectivity index is 0.00000450. The van der Waals surface area contributed by atoms with E-state index in [1.807, 2.05) is 0 Å². The number of likely N-dealkylation sites (tertiary alicyclic amines) is 1. The molecule has 1 fully saturated rings. The molecular formula is C23H40IN3O3. The number of halogens is 1. The number of rotatable bonds is 11. The number of hydrogen-bond acceptors (Lipinski definition) is 4. The molecule has 0 radical (unpaired) electrons. The van der Waals surface area contributed by atoms with Crippen LogP contribution in [0.25, 0.3) is 0 Å². The molecule has 0 saturated carbocycles. The highest BCUT2D eigenvalue weighted by Gasteiger charge is 2.21. The smallest absolute Gasteiger partial charge is 0.194 e. The summed E-state index contributed by atoms with van der Waals surface area (Å²) in [6.07, 6.45) is 3.63. The third kappa shape index (κ3) is 10.4. The Morgan fingerprint density at radius 2 is 1.93 bits per heavy atom. The van der Waals surface area contributed by atoms with Gasteiger partial charge in [0.2, 0.25) is 0 Å². The minimum Gasteiger partial charge on any atom is -0.385 e. The lowest BCUT2D eigenvalue weighted by atomic mass is 10.1. The van der Waals surface area contributed by atoms with E-state index in [1.54, 1.807) is 7.11 Å². The SMILES string of the molecule is CCNC(=NCc1cccc(COC(C)C)c1)N1CCC(OCCCOC)CC1.I. The van der Waals surface area contributed by atoms with Gasteiger partial charge in [-0.15, -0.1) is 24.0 Å². The zero-order chi connectivity index (χ0) is 20.9. The van der Waals surface area contributed by atoms with E-state index >= 15 is 0 Å². The summed E-state index contributed by atoms with van der Waals surface area (Å²) in [5.41, 5.74) is 2.41. The topological polar surface area (TPSA) is 55.3 Å². The summed E-state index contributed by atoms with van der Waals surface area (Å²) in [5.74, 6) is 0.995. The Bertz CT molecular complexity index is 605. The molecule has 1 aromatic rings. The van der Waals surface area contributed by atoms with Crippen LogP contribution in [0.3, 0.4) is 0 Å². The lowest BCUT2D eigenvalue weighted by Gasteiger charge is -2.34. The number of benzene rings is 1. The average Bonchev–Trinajstić information content (AvgIpc) is 2.73.